The van der Waals surface area contributed by atoms with Crippen molar-refractivity contribution >= 4 is 26.9 Å². The lowest BCUT2D eigenvalue weighted by atomic mass is 9.55. The van der Waals surface area contributed by atoms with Crippen LogP contribution >= 0.6 is 15.9 Å². The molecule has 2 aliphatic carbocycles. The fraction of sp³-hybridized carbons (Fsp3) is 0.720. The van der Waals surface area contributed by atoms with Crippen molar-refractivity contribution in [3.05, 3.63) is 33.8 Å². The summed E-state index contributed by atoms with van der Waals surface area (Å²) in [6.45, 7) is 12.6. The number of ether oxygens (including phenoxy) is 2. The number of nitrogens with one attached hydrogen (secondary N) is 1. The minimum Gasteiger partial charge on any atom is -0.340 e. The Balaban J connectivity index is 2.42. The molecule has 1 spiro atoms. The van der Waals surface area contributed by atoms with Gasteiger partial charge in [-0.1, -0.05) is 35.8 Å². The lowest BCUT2D eigenvalue weighted by Gasteiger charge is -2.57. The molecule has 32 heavy (non-hydrogen) atoms. The summed E-state index contributed by atoms with van der Waals surface area (Å²) in [4.78, 5) is 0. The molecule has 2 aliphatic rings. The van der Waals surface area contributed by atoms with Crippen LogP contribution < -0.4 is 4.72 Å². The SMILES string of the molecule is CCOC(C#N)(OC)C1(NS(=O)C(C)(C)C)c2cc(Br)ccc2CC12CC(C)CC(C)C2. The van der Waals surface area contributed by atoms with E-state index in [0.29, 0.717) is 18.4 Å². The van der Waals surface area contributed by atoms with Crippen LogP contribution in [0.3, 0.4) is 0 Å². The largest absolute Gasteiger partial charge is 0.340 e. The number of nitrogens with zero attached hydrogens (tertiary/aromatic N) is 1. The van der Waals surface area contributed by atoms with Crippen LogP contribution in [-0.4, -0.2) is 28.5 Å². The summed E-state index contributed by atoms with van der Waals surface area (Å²) in [6.07, 6.45) is 3.73. The molecular formula is C25H37BrN2O3S. The molecule has 1 fully saturated rings. The van der Waals surface area contributed by atoms with Crippen LogP contribution in [-0.2, 0) is 32.4 Å². The predicted molar refractivity (Wildman–Crippen MR) is 132 cm³/mol. The number of nitriles is 1. The highest BCUT2D eigenvalue weighted by Gasteiger charge is 2.71. The summed E-state index contributed by atoms with van der Waals surface area (Å²) in [5.74, 6) is -0.697. The van der Waals surface area contributed by atoms with Crippen molar-refractivity contribution in [2.75, 3.05) is 13.7 Å². The molecule has 0 amide bonds. The average Bonchev–Trinajstić information content (AvgIpc) is 2.93. The molecule has 0 heterocycles. The number of methoxy groups -OCH3 is 1. The molecule has 0 saturated heterocycles. The number of halogens is 1. The third-order valence-corrected chi connectivity index (χ3v) is 9.26. The van der Waals surface area contributed by atoms with Gasteiger partial charge in [0.2, 0.25) is 0 Å². The standard InChI is InChI=1S/C25H37BrN2O3S/c1-8-31-24(16-27,30-7)25(28-32(29)22(4,5)6)21-12-20(26)10-9-19(21)15-23(25)13-17(2)11-18(3)14-23/h9-10,12,17-18,28H,8,11,13-15H2,1-7H3. The average molecular weight is 526 g/mol. The third-order valence-electron chi connectivity index (χ3n) is 7.16. The lowest BCUT2D eigenvalue weighted by molar-refractivity contribution is -0.257. The van der Waals surface area contributed by atoms with Crippen LogP contribution in [0, 0.1) is 28.6 Å². The zero-order valence-electron chi connectivity index (χ0n) is 20.4. The molecule has 178 valence electrons. The Morgan fingerprint density at radius 2 is 1.91 bits per heavy atom. The fourth-order valence-corrected chi connectivity index (χ4v) is 7.70. The van der Waals surface area contributed by atoms with E-state index in [4.69, 9.17) is 9.47 Å². The van der Waals surface area contributed by atoms with E-state index in [1.54, 1.807) is 0 Å². The molecule has 0 radical (unpaired) electrons. The molecule has 1 saturated carbocycles. The highest BCUT2D eigenvalue weighted by Crippen LogP contribution is 2.64. The Labute approximate surface area is 204 Å². The Morgan fingerprint density at radius 3 is 2.41 bits per heavy atom. The van der Waals surface area contributed by atoms with Crippen molar-refractivity contribution in [1.82, 2.24) is 4.72 Å². The smallest absolute Gasteiger partial charge is 0.283 e. The van der Waals surface area contributed by atoms with Crippen LogP contribution in [0.25, 0.3) is 0 Å². The van der Waals surface area contributed by atoms with Crippen LogP contribution in [0.15, 0.2) is 22.7 Å². The van der Waals surface area contributed by atoms with Crippen LogP contribution in [0.5, 0.6) is 0 Å². The Kier molecular flexibility index (Phi) is 7.35. The van der Waals surface area contributed by atoms with Crippen LogP contribution in [0.4, 0.5) is 0 Å². The van der Waals surface area contributed by atoms with Gasteiger partial charge in [-0.2, -0.15) is 5.26 Å². The molecule has 5 atom stereocenters. The summed E-state index contributed by atoms with van der Waals surface area (Å²) in [7, 11) is 0.0692. The summed E-state index contributed by atoms with van der Waals surface area (Å²) in [5.41, 5.74) is 0.626. The Bertz CT molecular complexity index is 915. The maximum absolute atomic E-state index is 13.8. The molecule has 7 heteroatoms. The van der Waals surface area contributed by atoms with E-state index in [-0.39, 0.29) is 5.41 Å². The van der Waals surface area contributed by atoms with Crippen LogP contribution in [0.1, 0.15) is 71.9 Å². The first-order chi connectivity index (χ1) is 14.9. The number of fused-ring (bicyclic) bond motifs is 1. The van der Waals surface area contributed by atoms with Gasteiger partial charge >= 0.3 is 0 Å². The predicted octanol–water partition coefficient (Wildman–Crippen LogP) is 5.60. The van der Waals surface area contributed by atoms with Crippen molar-refractivity contribution in [2.24, 2.45) is 17.3 Å². The van der Waals surface area contributed by atoms with Gasteiger partial charge in [0.05, 0.1) is 15.7 Å². The highest BCUT2D eigenvalue weighted by molar-refractivity contribution is 9.10. The van der Waals surface area contributed by atoms with Gasteiger partial charge in [-0.25, -0.2) is 8.93 Å². The van der Waals surface area contributed by atoms with E-state index in [9.17, 15) is 9.47 Å². The quantitative estimate of drug-likeness (QED) is 0.491. The molecule has 0 aliphatic heterocycles. The van der Waals surface area contributed by atoms with Gasteiger partial charge in [-0.05, 0) is 88.5 Å². The molecular weight excluding hydrogens is 488 g/mol. The van der Waals surface area contributed by atoms with Crippen molar-refractivity contribution in [2.45, 2.75) is 83.3 Å². The zero-order chi connectivity index (χ0) is 23.9. The number of hydrogen-bond donors (Lipinski definition) is 1. The highest BCUT2D eigenvalue weighted by atomic mass is 79.9. The molecule has 0 bridgehead atoms. The van der Waals surface area contributed by atoms with E-state index in [0.717, 1.165) is 41.3 Å². The monoisotopic (exact) mass is 524 g/mol. The fourth-order valence-electron chi connectivity index (χ4n) is 6.29. The first-order valence-corrected chi connectivity index (χ1v) is 13.4. The second-order valence-electron chi connectivity index (χ2n) is 10.7. The van der Waals surface area contributed by atoms with E-state index in [1.807, 2.05) is 33.8 Å². The van der Waals surface area contributed by atoms with Gasteiger partial charge in [0.25, 0.3) is 5.79 Å². The topological polar surface area (TPSA) is 71.3 Å². The Morgan fingerprint density at radius 1 is 1.28 bits per heavy atom. The van der Waals surface area contributed by atoms with E-state index >= 15 is 0 Å². The maximum atomic E-state index is 13.8. The second kappa shape index (κ2) is 9.11. The summed E-state index contributed by atoms with van der Waals surface area (Å²) in [6, 6.07) is 8.64. The summed E-state index contributed by atoms with van der Waals surface area (Å²) >= 11 is 3.64. The van der Waals surface area contributed by atoms with Gasteiger partial charge in [0.1, 0.15) is 11.6 Å². The summed E-state index contributed by atoms with van der Waals surface area (Å²) < 4.78 is 29.9. The maximum Gasteiger partial charge on any atom is 0.283 e. The van der Waals surface area contributed by atoms with E-state index in [1.165, 1.54) is 7.11 Å². The van der Waals surface area contributed by atoms with Gasteiger partial charge in [0, 0.05) is 23.6 Å². The zero-order valence-corrected chi connectivity index (χ0v) is 22.8. The van der Waals surface area contributed by atoms with Gasteiger partial charge in [-0.3, -0.25) is 0 Å². The Hall–Kier alpha value is -0.780. The van der Waals surface area contributed by atoms with Crippen molar-refractivity contribution in [1.29, 1.82) is 5.26 Å². The minimum absolute atomic E-state index is 0.303. The second-order valence-corrected chi connectivity index (χ2v) is 13.6. The normalized spacial score (nSPS) is 32.8. The molecule has 1 aromatic carbocycles. The van der Waals surface area contributed by atoms with E-state index < -0.39 is 27.1 Å². The van der Waals surface area contributed by atoms with Gasteiger partial charge in [0.15, 0.2) is 0 Å². The third kappa shape index (κ3) is 4.01. The number of rotatable bonds is 6. The van der Waals surface area contributed by atoms with Crippen molar-refractivity contribution < 1.29 is 13.7 Å². The summed E-state index contributed by atoms with van der Waals surface area (Å²) in [5, 5.41) is 10.6. The molecule has 3 rings (SSSR count). The van der Waals surface area contributed by atoms with Gasteiger partial charge in [-0.15, -0.1) is 0 Å². The first-order valence-electron chi connectivity index (χ1n) is 11.5. The van der Waals surface area contributed by atoms with Gasteiger partial charge < -0.3 is 9.47 Å². The number of hydrogen-bond acceptors (Lipinski definition) is 4. The molecule has 0 aromatic heterocycles. The van der Waals surface area contributed by atoms with E-state index in [2.05, 4.69) is 52.7 Å². The minimum atomic E-state index is -1.63. The van der Waals surface area contributed by atoms with Crippen molar-refractivity contribution in [3.8, 4) is 6.07 Å². The first kappa shape index (κ1) is 25.8. The number of benzene rings is 1. The molecule has 5 nitrogen and oxygen atoms in total. The molecule has 1 N–H and O–H groups in total. The molecule has 5 unspecified atom stereocenters. The van der Waals surface area contributed by atoms with Crippen molar-refractivity contribution in [3.63, 3.8) is 0 Å². The molecule has 1 aromatic rings. The van der Waals surface area contributed by atoms with Crippen LogP contribution in [0.2, 0.25) is 0 Å². The lowest BCUT2D eigenvalue weighted by Crippen LogP contribution is -2.70.